The van der Waals surface area contributed by atoms with Gasteiger partial charge in [-0.3, -0.25) is 9.69 Å². The maximum atomic E-state index is 12.8. The van der Waals surface area contributed by atoms with Gasteiger partial charge in [0, 0.05) is 25.2 Å². The second kappa shape index (κ2) is 7.76. The highest BCUT2D eigenvalue weighted by Gasteiger charge is 2.22. The Morgan fingerprint density at radius 2 is 1.81 bits per heavy atom. The molecule has 6 nitrogen and oxygen atoms in total. The number of nitrogens with one attached hydrogen (secondary N) is 1. The first-order valence-electron chi connectivity index (χ1n) is 8.85. The van der Waals surface area contributed by atoms with E-state index in [0.717, 1.165) is 38.4 Å². The highest BCUT2D eigenvalue weighted by molar-refractivity contribution is 5.95. The van der Waals surface area contributed by atoms with E-state index in [1.807, 2.05) is 30.3 Å². The van der Waals surface area contributed by atoms with Crippen LogP contribution in [0.1, 0.15) is 22.0 Å². The highest BCUT2D eigenvalue weighted by Crippen LogP contribution is 2.32. The maximum absolute atomic E-state index is 12.8. The Kier molecular flexibility index (Phi) is 5.04. The van der Waals surface area contributed by atoms with Crippen molar-refractivity contribution in [3.05, 3.63) is 59.7 Å². The summed E-state index contributed by atoms with van der Waals surface area (Å²) in [6, 6.07) is 15.2. The first-order valence-corrected chi connectivity index (χ1v) is 8.85. The van der Waals surface area contributed by atoms with Gasteiger partial charge in [0.25, 0.3) is 5.91 Å². The first kappa shape index (κ1) is 16.9. The Balaban J connectivity index is 1.51. The van der Waals surface area contributed by atoms with Gasteiger partial charge in [-0.05, 0) is 23.8 Å². The number of ether oxygens (including phenoxy) is 3. The van der Waals surface area contributed by atoms with Crippen LogP contribution in [0.3, 0.4) is 0 Å². The van der Waals surface area contributed by atoms with Crippen LogP contribution in [-0.2, 0) is 4.74 Å². The number of rotatable bonds is 5. The van der Waals surface area contributed by atoms with Crippen LogP contribution in [0.25, 0.3) is 0 Å². The van der Waals surface area contributed by atoms with Crippen molar-refractivity contribution in [3.63, 3.8) is 0 Å². The number of fused-ring (bicyclic) bond motifs is 1. The second-order valence-electron chi connectivity index (χ2n) is 6.42. The van der Waals surface area contributed by atoms with Crippen LogP contribution in [0, 0.1) is 0 Å². The molecule has 1 saturated heterocycles. The molecule has 2 aliphatic heterocycles. The summed E-state index contributed by atoms with van der Waals surface area (Å²) in [4.78, 5) is 15.1. The minimum absolute atomic E-state index is 0.0905. The summed E-state index contributed by atoms with van der Waals surface area (Å²) < 4.78 is 16.1. The molecule has 6 heteroatoms. The Morgan fingerprint density at radius 1 is 1.04 bits per heavy atom. The summed E-state index contributed by atoms with van der Waals surface area (Å²) in [6.45, 7) is 4.18. The maximum Gasteiger partial charge on any atom is 0.251 e. The van der Waals surface area contributed by atoms with Crippen molar-refractivity contribution in [2.24, 2.45) is 0 Å². The third-order valence-electron chi connectivity index (χ3n) is 4.69. The zero-order chi connectivity index (χ0) is 17.8. The fourth-order valence-corrected chi connectivity index (χ4v) is 3.24. The molecular weight excluding hydrogens is 332 g/mol. The van der Waals surface area contributed by atoms with E-state index in [-0.39, 0.29) is 18.7 Å². The van der Waals surface area contributed by atoms with Crippen LogP contribution in [0.2, 0.25) is 0 Å². The number of carbonyl (C=O) groups is 1. The Labute approximate surface area is 152 Å². The van der Waals surface area contributed by atoms with Gasteiger partial charge in [0.1, 0.15) is 0 Å². The van der Waals surface area contributed by atoms with Crippen LogP contribution >= 0.6 is 0 Å². The van der Waals surface area contributed by atoms with E-state index < -0.39 is 0 Å². The molecule has 4 rings (SSSR count). The Morgan fingerprint density at radius 3 is 2.62 bits per heavy atom. The highest BCUT2D eigenvalue weighted by atomic mass is 16.7. The molecule has 1 atom stereocenters. The molecule has 1 fully saturated rings. The van der Waals surface area contributed by atoms with Gasteiger partial charge in [-0.15, -0.1) is 0 Å². The molecule has 136 valence electrons. The zero-order valence-corrected chi connectivity index (χ0v) is 14.5. The third kappa shape index (κ3) is 3.81. The fourth-order valence-electron chi connectivity index (χ4n) is 3.24. The van der Waals surface area contributed by atoms with Crippen LogP contribution in [0.15, 0.2) is 48.5 Å². The van der Waals surface area contributed by atoms with E-state index in [9.17, 15) is 4.79 Å². The summed E-state index contributed by atoms with van der Waals surface area (Å²) in [5.41, 5.74) is 1.66. The van der Waals surface area contributed by atoms with Crippen molar-refractivity contribution in [3.8, 4) is 11.5 Å². The molecule has 1 unspecified atom stereocenters. The van der Waals surface area contributed by atoms with Crippen molar-refractivity contribution in [2.75, 3.05) is 39.6 Å². The summed E-state index contributed by atoms with van der Waals surface area (Å²) in [5, 5.41) is 3.17. The molecule has 1 N–H and O–H groups in total. The fraction of sp³-hybridized carbons (Fsp3) is 0.350. The van der Waals surface area contributed by atoms with Gasteiger partial charge >= 0.3 is 0 Å². The molecule has 26 heavy (non-hydrogen) atoms. The number of hydrogen-bond acceptors (Lipinski definition) is 5. The average Bonchev–Trinajstić information content (AvgIpc) is 3.17. The van der Waals surface area contributed by atoms with Gasteiger partial charge in [0.15, 0.2) is 11.5 Å². The van der Waals surface area contributed by atoms with Crippen LogP contribution < -0.4 is 14.8 Å². The molecule has 0 radical (unpaired) electrons. The van der Waals surface area contributed by atoms with Crippen molar-refractivity contribution in [1.29, 1.82) is 0 Å². The molecule has 0 aromatic heterocycles. The van der Waals surface area contributed by atoms with E-state index in [0.29, 0.717) is 17.1 Å². The monoisotopic (exact) mass is 354 g/mol. The van der Waals surface area contributed by atoms with Gasteiger partial charge in [0.2, 0.25) is 6.79 Å². The number of benzene rings is 2. The third-order valence-corrected chi connectivity index (χ3v) is 4.69. The van der Waals surface area contributed by atoms with Crippen molar-refractivity contribution in [2.45, 2.75) is 6.04 Å². The van der Waals surface area contributed by atoms with E-state index in [1.165, 1.54) is 0 Å². The smallest absolute Gasteiger partial charge is 0.251 e. The van der Waals surface area contributed by atoms with E-state index >= 15 is 0 Å². The summed E-state index contributed by atoms with van der Waals surface area (Å²) >= 11 is 0. The first-order chi connectivity index (χ1) is 12.8. The largest absolute Gasteiger partial charge is 0.454 e. The second-order valence-corrected chi connectivity index (χ2v) is 6.42. The number of nitrogens with zero attached hydrogens (tertiary/aromatic N) is 1. The molecular formula is C20H22N2O4. The van der Waals surface area contributed by atoms with Gasteiger partial charge in [-0.25, -0.2) is 0 Å². The molecule has 2 heterocycles. The number of hydrogen-bond donors (Lipinski definition) is 1. The van der Waals surface area contributed by atoms with Crippen LogP contribution in [-0.4, -0.2) is 50.4 Å². The lowest BCUT2D eigenvalue weighted by molar-refractivity contribution is 0.0332. The Bertz CT molecular complexity index is 760. The quantitative estimate of drug-likeness (QED) is 0.892. The Hall–Kier alpha value is -2.57. The number of amides is 1. The summed E-state index contributed by atoms with van der Waals surface area (Å²) in [5.74, 6) is 1.17. The lowest BCUT2D eigenvalue weighted by Crippen LogP contribution is -2.43. The average molecular weight is 354 g/mol. The zero-order valence-electron chi connectivity index (χ0n) is 14.5. The molecule has 0 aliphatic carbocycles. The lowest BCUT2D eigenvalue weighted by Gasteiger charge is -2.31. The van der Waals surface area contributed by atoms with Gasteiger partial charge in [0.05, 0.1) is 19.3 Å². The molecule has 0 saturated carbocycles. The van der Waals surface area contributed by atoms with Crippen molar-refractivity contribution in [1.82, 2.24) is 10.2 Å². The molecule has 2 aromatic rings. The SMILES string of the molecule is O=C(NC(CN1CCOCC1)c1ccccc1)c1ccc2c(c1)OCO2. The normalized spacial score (nSPS) is 17.7. The number of carbonyl (C=O) groups excluding carboxylic acids is 1. The van der Waals surface area contributed by atoms with Gasteiger partial charge in [-0.2, -0.15) is 0 Å². The minimum Gasteiger partial charge on any atom is -0.454 e. The predicted molar refractivity (Wildman–Crippen MR) is 96.5 cm³/mol. The minimum atomic E-state index is -0.120. The van der Waals surface area contributed by atoms with Crippen LogP contribution in [0.5, 0.6) is 11.5 Å². The lowest BCUT2D eigenvalue weighted by atomic mass is 10.1. The van der Waals surface area contributed by atoms with Gasteiger partial charge < -0.3 is 19.5 Å². The van der Waals surface area contributed by atoms with Crippen LogP contribution in [0.4, 0.5) is 0 Å². The molecule has 0 bridgehead atoms. The van der Waals surface area contributed by atoms with E-state index in [2.05, 4.69) is 10.2 Å². The van der Waals surface area contributed by atoms with Crippen molar-refractivity contribution >= 4 is 5.91 Å². The summed E-state index contributed by atoms with van der Waals surface area (Å²) in [6.07, 6.45) is 0. The standard InChI is InChI=1S/C20H22N2O4/c23-20(16-6-7-18-19(12-16)26-14-25-18)21-17(15-4-2-1-3-5-15)13-22-8-10-24-11-9-22/h1-7,12,17H,8-11,13-14H2,(H,21,23). The topological polar surface area (TPSA) is 60.0 Å². The van der Waals surface area contributed by atoms with E-state index in [4.69, 9.17) is 14.2 Å². The van der Waals surface area contributed by atoms with Crippen molar-refractivity contribution < 1.29 is 19.0 Å². The summed E-state index contributed by atoms with van der Waals surface area (Å²) in [7, 11) is 0. The molecule has 2 aromatic carbocycles. The van der Waals surface area contributed by atoms with E-state index in [1.54, 1.807) is 18.2 Å². The van der Waals surface area contributed by atoms with Gasteiger partial charge in [-0.1, -0.05) is 30.3 Å². The molecule has 0 spiro atoms. The number of morpholine rings is 1. The predicted octanol–water partition coefficient (Wildman–Crippen LogP) is 2.22. The molecule has 2 aliphatic rings. The molecule has 1 amide bonds.